The second-order valence-corrected chi connectivity index (χ2v) is 4.48. The Balaban J connectivity index is 2.63. The van der Waals surface area contributed by atoms with Gasteiger partial charge in [-0.1, -0.05) is 34.8 Å². The van der Waals surface area contributed by atoms with Crippen LogP contribution in [0.15, 0.2) is 0 Å². The molecule has 1 fully saturated rings. The van der Waals surface area contributed by atoms with E-state index in [0.717, 1.165) is 0 Å². The van der Waals surface area contributed by atoms with Crippen LogP contribution in [0.2, 0.25) is 0 Å². The van der Waals surface area contributed by atoms with Crippen LogP contribution in [0.5, 0.6) is 0 Å². The maximum atomic E-state index is 10.3. The summed E-state index contributed by atoms with van der Waals surface area (Å²) in [5, 5.41) is 0. The first kappa shape index (κ1) is 9.39. The van der Waals surface area contributed by atoms with Crippen LogP contribution in [0.4, 0.5) is 0 Å². The maximum absolute atomic E-state index is 10.3. The topological polar surface area (TPSA) is 29.5 Å². The van der Waals surface area contributed by atoms with Crippen LogP contribution >= 0.6 is 34.8 Å². The van der Waals surface area contributed by atoms with Gasteiger partial charge in [0.25, 0.3) is 0 Å². The molecular weight excluding hydrogens is 212 g/mol. The number of amides is 1. The Labute approximate surface area is 79.1 Å². The standard InChI is InChI=1S/C5H6Cl3NO2/c6-5(7,8)4-9(3-10)1-2-11-4/h3-4H,1-2H2. The third-order valence-corrected chi connectivity index (χ3v) is 1.90. The van der Waals surface area contributed by atoms with E-state index >= 15 is 0 Å². The molecular formula is C5H6Cl3NO2. The van der Waals surface area contributed by atoms with Gasteiger partial charge in [-0.05, 0) is 0 Å². The van der Waals surface area contributed by atoms with Crippen molar-refractivity contribution in [3.05, 3.63) is 0 Å². The van der Waals surface area contributed by atoms with Crippen LogP contribution in [0.1, 0.15) is 0 Å². The van der Waals surface area contributed by atoms with Crippen molar-refractivity contribution in [2.45, 2.75) is 10.0 Å². The first-order valence-corrected chi connectivity index (χ1v) is 4.08. The molecule has 0 N–H and O–H groups in total. The lowest BCUT2D eigenvalue weighted by molar-refractivity contribution is -0.122. The van der Waals surface area contributed by atoms with Crippen LogP contribution in [-0.4, -0.2) is 34.5 Å². The largest absolute Gasteiger partial charge is 0.352 e. The molecule has 0 aromatic heterocycles. The Morgan fingerprint density at radius 2 is 2.18 bits per heavy atom. The van der Waals surface area contributed by atoms with E-state index in [4.69, 9.17) is 39.5 Å². The molecule has 1 atom stereocenters. The third kappa shape index (κ3) is 2.12. The van der Waals surface area contributed by atoms with Crippen LogP contribution in [-0.2, 0) is 9.53 Å². The molecule has 64 valence electrons. The lowest BCUT2D eigenvalue weighted by Crippen LogP contribution is -2.39. The Morgan fingerprint density at radius 1 is 1.55 bits per heavy atom. The van der Waals surface area contributed by atoms with Crippen molar-refractivity contribution in [1.82, 2.24) is 4.90 Å². The molecule has 1 amide bonds. The van der Waals surface area contributed by atoms with E-state index in [2.05, 4.69) is 0 Å². The summed E-state index contributed by atoms with van der Waals surface area (Å²) < 4.78 is 3.46. The van der Waals surface area contributed by atoms with Gasteiger partial charge in [0.05, 0.1) is 6.61 Å². The zero-order valence-corrected chi connectivity index (χ0v) is 7.73. The Bertz CT molecular complexity index is 158. The lowest BCUT2D eigenvalue weighted by atomic mass is 10.5. The highest BCUT2D eigenvalue weighted by atomic mass is 35.6. The molecule has 11 heavy (non-hydrogen) atoms. The minimum absolute atomic E-state index is 0.414. The molecule has 0 aromatic rings. The lowest BCUT2D eigenvalue weighted by Gasteiger charge is -2.24. The smallest absolute Gasteiger partial charge is 0.234 e. The van der Waals surface area contributed by atoms with Crippen molar-refractivity contribution in [2.24, 2.45) is 0 Å². The fourth-order valence-electron chi connectivity index (χ4n) is 0.873. The zero-order chi connectivity index (χ0) is 8.48. The monoisotopic (exact) mass is 217 g/mol. The molecule has 1 saturated heterocycles. The summed E-state index contributed by atoms with van der Waals surface area (Å²) in [5.74, 6) is 0. The minimum atomic E-state index is -1.56. The van der Waals surface area contributed by atoms with Gasteiger partial charge in [0, 0.05) is 6.54 Å². The van der Waals surface area contributed by atoms with Gasteiger partial charge in [0.1, 0.15) is 0 Å². The van der Waals surface area contributed by atoms with Gasteiger partial charge in [-0.25, -0.2) is 0 Å². The van der Waals surface area contributed by atoms with Crippen molar-refractivity contribution in [3.63, 3.8) is 0 Å². The summed E-state index contributed by atoms with van der Waals surface area (Å²) in [5.41, 5.74) is 0. The SMILES string of the molecule is O=CN1CCOC1C(Cl)(Cl)Cl. The number of nitrogens with zero attached hydrogens (tertiary/aromatic N) is 1. The van der Waals surface area contributed by atoms with E-state index in [1.54, 1.807) is 0 Å². The molecule has 0 aliphatic carbocycles. The van der Waals surface area contributed by atoms with Gasteiger partial charge in [-0.3, -0.25) is 4.79 Å². The summed E-state index contributed by atoms with van der Waals surface area (Å²) >= 11 is 16.6. The summed E-state index contributed by atoms with van der Waals surface area (Å²) in [6.07, 6.45) is -0.135. The highest BCUT2D eigenvalue weighted by molar-refractivity contribution is 6.68. The van der Waals surface area contributed by atoms with Crippen molar-refractivity contribution >= 4 is 41.2 Å². The van der Waals surface area contributed by atoms with Gasteiger partial charge in [0.2, 0.25) is 10.2 Å². The molecule has 0 radical (unpaired) electrons. The Hall–Kier alpha value is 0.300. The van der Waals surface area contributed by atoms with Gasteiger partial charge < -0.3 is 9.64 Å². The molecule has 1 unspecified atom stereocenters. The average molecular weight is 218 g/mol. The first-order chi connectivity index (χ1) is 5.05. The van der Waals surface area contributed by atoms with Crippen molar-refractivity contribution in [2.75, 3.05) is 13.2 Å². The number of ether oxygens (including phenoxy) is 1. The Kier molecular flexibility index (Phi) is 2.86. The van der Waals surface area contributed by atoms with E-state index in [0.29, 0.717) is 19.6 Å². The van der Waals surface area contributed by atoms with Crippen LogP contribution in [0, 0.1) is 0 Å². The molecule has 1 heterocycles. The second-order valence-electron chi connectivity index (χ2n) is 2.11. The molecule has 1 rings (SSSR count). The molecule has 0 spiro atoms. The number of carbonyl (C=O) groups excluding carboxylic acids is 1. The van der Waals surface area contributed by atoms with E-state index in [1.165, 1.54) is 4.90 Å². The number of rotatable bonds is 1. The van der Waals surface area contributed by atoms with Gasteiger partial charge >= 0.3 is 0 Å². The highest BCUT2D eigenvalue weighted by Crippen LogP contribution is 2.35. The molecule has 0 aromatic carbocycles. The number of alkyl halides is 3. The number of hydrogen-bond acceptors (Lipinski definition) is 2. The molecule has 1 aliphatic rings. The van der Waals surface area contributed by atoms with Crippen LogP contribution in [0.25, 0.3) is 0 Å². The molecule has 0 saturated carbocycles. The number of hydrogen-bond donors (Lipinski definition) is 0. The van der Waals surface area contributed by atoms with Crippen LogP contribution < -0.4 is 0 Å². The number of halogens is 3. The van der Waals surface area contributed by atoms with E-state index in [9.17, 15) is 4.79 Å². The van der Waals surface area contributed by atoms with Crippen molar-refractivity contribution in [1.29, 1.82) is 0 Å². The normalized spacial score (nSPS) is 25.7. The van der Waals surface area contributed by atoms with Gasteiger partial charge in [-0.2, -0.15) is 0 Å². The van der Waals surface area contributed by atoms with E-state index in [-0.39, 0.29) is 0 Å². The van der Waals surface area contributed by atoms with Crippen molar-refractivity contribution in [3.8, 4) is 0 Å². The molecule has 3 nitrogen and oxygen atoms in total. The summed E-state index contributed by atoms with van der Waals surface area (Å²) in [4.78, 5) is 11.6. The quantitative estimate of drug-likeness (QED) is 0.488. The molecule has 6 heteroatoms. The van der Waals surface area contributed by atoms with Crippen molar-refractivity contribution < 1.29 is 9.53 Å². The van der Waals surface area contributed by atoms with E-state index < -0.39 is 10.0 Å². The first-order valence-electron chi connectivity index (χ1n) is 2.95. The Morgan fingerprint density at radius 3 is 2.55 bits per heavy atom. The average Bonchev–Trinajstić information content (AvgIpc) is 2.31. The third-order valence-electron chi connectivity index (χ3n) is 1.34. The number of carbonyl (C=O) groups is 1. The molecule has 0 bridgehead atoms. The van der Waals surface area contributed by atoms with Crippen LogP contribution in [0.3, 0.4) is 0 Å². The second kappa shape index (κ2) is 3.35. The summed E-state index contributed by atoms with van der Waals surface area (Å²) in [6, 6.07) is 0. The van der Waals surface area contributed by atoms with Gasteiger partial charge in [0.15, 0.2) is 6.23 Å². The molecule has 1 aliphatic heterocycles. The van der Waals surface area contributed by atoms with E-state index in [1.807, 2.05) is 0 Å². The predicted octanol–water partition coefficient (Wildman–Crippen LogP) is 1.17. The summed E-state index contributed by atoms with van der Waals surface area (Å²) in [7, 11) is 0. The maximum Gasteiger partial charge on any atom is 0.234 e. The fraction of sp³-hybridized carbons (Fsp3) is 0.800. The predicted molar refractivity (Wildman–Crippen MR) is 42.8 cm³/mol. The zero-order valence-electron chi connectivity index (χ0n) is 5.47. The summed E-state index contributed by atoms with van der Waals surface area (Å²) in [6.45, 7) is 0.888. The minimum Gasteiger partial charge on any atom is -0.352 e. The van der Waals surface area contributed by atoms with Gasteiger partial charge in [-0.15, -0.1) is 0 Å². The fourth-order valence-corrected chi connectivity index (χ4v) is 1.44. The highest BCUT2D eigenvalue weighted by Gasteiger charge is 2.41.